The standard InChI is InChI=1S/C12H10BrFN2O/c13-9-3-1-7(14)5-12(9)17-8-2-4-10(15)11(16)6-8/h1-6H,15-16H2. The molecule has 0 aromatic heterocycles. The van der Waals surface area contributed by atoms with Crippen molar-refractivity contribution in [2.45, 2.75) is 0 Å². The molecule has 88 valence electrons. The Morgan fingerprint density at radius 3 is 2.47 bits per heavy atom. The van der Waals surface area contributed by atoms with E-state index in [1.54, 1.807) is 24.3 Å². The number of halogens is 2. The molecule has 0 spiro atoms. The molecule has 0 saturated carbocycles. The minimum atomic E-state index is -0.369. The van der Waals surface area contributed by atoms with Gasteiger partial charge < -0.3 is 16.2 Å². The SMILES string of the molecule is Nc1ccc(Oc2cc(F)ccc2Br)cc1N. The second-order valence-corrected chi connectivity index (χ2v) is 4.32. The number of ether oxygens (including phenoxy) is 1. The van der Waals surface area contributed by atoms with Crippen LogP contribution >= 0.6 is 15.9 Å². The second kappa shape index (κ2) is 4.63. The van der Waals surface area contributed by atoms with Crippen LogP contribution in [0, 0.1) is 5.82 Å². The summed E-state index contributed by atoms with van der Waals surface area (Å²) >= 11 is 3.27. The molecule has 0 heterocycles. The summed E-state index contributed by atoms with van der Waals surface area (Å²) in [6.07, 6.45) is 0. The lowest BCUT2D eigenvalue weighted by Crippen LogP contribution is -1.95. The average Bonchev–Trinajstić information content (AvgIpc) is 2.29. The van der Waals surface area contributed by atoms with Crippen LogP contribution in [0.15, 0.2) is 40.9 Å². The molecule has 0 unspecified atom stereocenters. The van der Waals surface area contributed by atoms with Gasteiger partial charge in [0.15, 0.2) is 0 Å². The molecule has 2 aromatic carbocycles. The first-order chi connectivity index (χ1) is 8.06. The van der Waals surface area contributed by atoms with Crippen LogP contribution in [0.2, 0.25) is 0 Å². The van der Waals surface area contributed by atoms with Gasteiger partial charge in [-0.05, 0) is 40.2 Å². The predicted molar refractivity (Wildman–Crippen MR) is 69.4 cm³/mol. The summed E-state index contributed by atoms with van der Waals surface area (Å²) in [4.78, 5) is 0. The summed E-state index contributed by atoms with van der Waals surface area (Å²) in [5.74, 6) is 0.517. The molecule has 4 N–H and O–H groups in total. The largest absolute Gasteiger partial charge is 0.456 e. The maximum absolute atomic E-state index is 13.0. The van der Waals surface area contributed by atoms with E-state index in [-0.39, 0.29) is 5.82 Å². The Morgan fingerprint density at radius 2 is 1.76 bits per heavy atom. The van der Waals surface area contributed by atoms with E-state index in [0.717, 1.165) is 0 Å². The van der Waals surface area contributed by atoms with Crippen molar-refractivity contribution in [2.75, 3.05) is 11.5 Å². The van der Waals surface area contributed by atoms with E-state index in [1.165, 1.54) is 12.1 Å². The van der Waals surface area contributed by atoms with Crippen molar-refractivity contribution < 1.29 is 9.13 Å². The van der Waals surface area contributed by atoms with Crippen LogP contribution in [0.1, 0.15) is 0 Å². The molecule has 2 aromatic rings. The molecule has 3 nitrogen and oxygen atoms in total. The van der Waals surface area contributed by atoms with E-state index in [1.807, 2.05) is 0 Å². The maximum atomic E-state index is 13.0. The Morgan fingerprint density at radius 1 is 1.00 bits per heavy atom. The minimum absolute atomic E-state index is 0.369. The van der Waals surface area contributed by atoms with Gasteiger partial charge in [-0.1, -0.05) is 0 Å². The number of benzene rings is 2. The Bertz CT molecular complexity index is 560. The Hall–Kier alpha value is -1.75. The molecule has 0 aliphatic carbocycles. The fraction of sp³-hybridized carbons (Fsp3) is 0. The van der Waals surface area contributed by atoms with Crippen molar-refractivity contribution in [2.24, 2.45) is 0 Å². The zero-order valence-corrected chi connectivity index (χ0v) is 10.4. The summed E-state index contributed by atoms with van der Waals surface area (Å²) in [6.45, 7) is 0. The lowest BCUT2D eigenvalue weighted by molar-refractivity contribution is 0.474. The van der Waals surface area contributed by atoms with Gasteiger partial charge in [0.2, 0.25) is 0 Å². The molecule has 0 aliphatic rings. The van der Waals surface area contributed by atoms with Crippen molar-refractivity contribution in [3.05, 3.63) is 46.7 Å². The average molecular weight is 297 g/mol. The Kier molecular flexibility index (Phi) is 3.19. The number of nitrogen functional groups attached to an aromatic ring is 2. The normalized spacial score (nSPS) is 10.2. The molecular weight excluding hydrogens is 287 g/mol. The van der Waals surface area contributed by atoms with Crippen molar-refractivity contribution in [1.82, 2.24) is 0 Å². The molecular formula is C12H10BrFN2O. The van der Waals surface area contributed by atoms with E-state index in [0.29, 0.717) is 27.3 Å². The van der Waals surface area contributed by atoms with Crippen molar-refractivity contribution in [3.8, 4) is 11.5 Å². The van der Waals surface area contributed by atoms with Gasteiger partial charge in [-0.3, -0.25) is 0 Å². The van der Waals surface area contributed by atoms with Gasteiger partial charge in [-0.15, -0.1) is 0 Å². The Labute approximate surface area is 106 Å². The van der Waals surface area contributed by atoms with E-state index in [9.17, 15) is 4.39 Å². The third-order valence-corrected chi connectivity index (χ3v) is 2.83. The third-order valence-electron chi connectivity index (χ3n) is 2.18. The molecule has 0 atom stereocenters. The van der Waals surface area contributed by atoms with Gasteiger partial charge >= 0.3 is 0 Å². The van der Waals surface area contributed by atoms with Gasteiger partial charge in [0, 0.05) is 12.1 Å². The molecule has 5 heteroatoms. The predicted octanol–water partition coefficient (Wildman–Crippen LogP) is 3.54. The van der Waals surface area contributed by atoms with Crippen LogP contribution in [-0.4, -0.2) is 0 Å². The fourth-order valence-corrected chi connectivity index (χ4v) is 1.63. The van der Waals surface area contributed by atoms with Crippen LogP contribution < -0.4 is 16.2 Å². The van der Waals surface area contributed by atoms with Crippen molar-refractivity contribution in [3.63, 3.8) is 0 Å². The zero-order chi connectivity index (χ0) is 12.4. The highest BCUT2D eigenvalue weighted by molar-refractivity contribution is 9.10. The first kappa shape index (κ1) is 11.7. The van der Waals surface area contributed by atoms with Crippen LogP contribution in [-0.2, 0) is 0 Å². The quantitative estimate of drug-likeness (QED) is 0.833. The van der Waals surface area contributed by atoms with Gasteiger partial charge in [-0.25, -0.2) is 4.39 Å². The van der Waals surface area contributed by atoms with Gasteiger partial charge in [-0.2, -0.15) is 0 Å². The minimum Gasteiger partial charge on any atom is -0.456 e. The summed E-state index contributed by atoms with van der Waals surface area (Å²) in [7, 11) is 0. The highest BCUT2D eigenvalue weighted by atomic mass is 79.9. The summed E-state index contributed by atoms with van der Waals surface area (Å²) in [5, 5.41) is 0. The van der Waals surface area contributed by atoms with Crippen molar-refractivity contribution in [1.29, 1.82) is 0 Å². The molecule has 0 fully saturated rings. The van der Waals surface area contributed by atoms with E-state index in [4.69, 9.17) is 16.2 Å². The van der Waals surface area contributed by atoms with Crippen LogP contribution in [0.4, 0.5) is 15.8 Å². The smallest absolute Gasteiger partial charge is 0.144 e. The Balaban J connectivity index is 2.31. The third kappa shape index (κ3) is 2.68. The molecule has 2 rings (SSSR count). The monoisotopic (exact) mass is 296 g/mol. The van der Waals surface area contributed by atoms with Gasteiger partial charge in [0.05, 0.1) is 15.8 Å². The first-order valence-electron chi connectivity index (χ1n) is 4.84. The van der Waals surface area contributed by atoms with E-state index >= 15 is 0 Å². The number of hydrogen-bond donors (Lipinski definition) is 2. The number of anilines is 2. The van der Waals surface area contributed by atoms with Crippen LogP contribution in [0.25, 0.3) is 0 Å². The zero-order valence-electron chi connectivity index (χ0n) is 8.78. The fourth-order valence-electron chi connectivity index (χ4n) is 1.30. The van der Waals surface area contributed by atoms with Crippen LogP contribution in [0.5, 0.6) is 11.5 Å². The highest BCUT2D eigenvalue weighted by Gasteiger charge is 2.05. The second-order valence-electron chi connectivity index (χ2n) is 3.47. The van der Waals surface area contributed by atoms with Crippen molar-refractivity contribution >= 4 is 27.3 Å². The maximum Gasteiger partial charge on any atom is 0.144 e. The lowest BCUT2D eigenvalue weighted by Gasteiger charge is -2.09. The molecule has 0 bridgehead atoms. The van der Waals surface area contributed by atoms with Gasteiger partial charge in [0.1, 0.15) is 17.3 Å². The lowest BCUT2D eigenvalue weighted by atomic mass is 10.2. The number of hydrogen-bond acceptors (Lipinski definition) is 3. The summed E-state index contributed by atoms with van der Waals surface area (Å²) < 4.78 is 19.2. The molecule has 0 radical (unpaired) electrons. The highest BCUT2D eigenvalue weighted by Crippen LogP contribution is 2.32. The topological polar surface area (TPSA) is 61.3 Å². The molecule has 0 amide bonds. The van der Waals surface area contributed by atoms with E-state index < -0.39 is 0 Å². The van der Waals surface area contributed by atoms with E-state index in [2.05, 4.69) is 15.9 Å². The summed E-state index contributed by atoms with van der Waals surface area (Å²) in [5.41, 5.74) is 12.1. The van der Waals surface area contributed by atoms with Crippen LogP contribution in [0.3, 0.4) is 0 Å². The summed E-state index contributed by atoms with van der Waals surface area (Å²) in [6, 6.07) is 9.10. The number of nitrogens with two attached hydrogens (primary N) is 2. The van der Waals surface area contributed by atoms with Gasteiger partial charge in [0.25, 0.3) is 0 Å². The first-order valence-corrected chi connectivity index (χ1v) is 5.63. The molecule has 17 heavy (non-hydrogen) atoms. The molecule has 0 aliphatic heterocycles. The number of rotatable bonds is 2. The molecule has 0 saturated heterocycles.